The zero-order chi connectivity index (χ0) is 12.3. The van der Waals surface area contributed by atoms with Gasteiger partial charge in [-0.1, -0.05) is 18.2 Å². The fourth-order valence-corrected chi connectivity index (χ4v) is 2.53. The summed E-state index contributed by atoms with van der Waals surface area (Å²) in [4.78, 5) is 2.42. The van der Waals surface area contributed by atoms with Crippen LogP contribution in [-0.2, 0) is 6.54 Å². The van der Waals surface area contributed by atoms with Gasteiger partial charge in [0.05, 0.1) is 0 Å². The van der Waals surface area contributed by atoms with Crippen molar-refractivity contribution in [1.29, 1.82) is 0 Å². The normalized spacial score (nSPS) is 21.0. The van der Waals surface area contributed by atoms with Crippen molar-refractivity contribution >= 4 is 0 Å². The van der Waals surface area contributed by atoms with Gasteiger partial charge in [-0.15, -0.1) is 0 Å². The Bertz CT molecular complexity index is 373. The summed E-state index contributed by atoms with van der Waals surface area (Å²) in [5.41, 5.74) is 4.18. The van der Waals surface area contributed by atoms with Crippen LogP contribution in [0.3, 0.4) is 0 Å². The van der Waals surface area contributed by atoms with Crippen molar-refractivity contribution in [2.24, 2.45) is 5.92 Å². The number of aryl methyl sites for hydroxylation is 2. The van der Waals surface area contributed by atoms with E-state index in [4.69, 9.17) is 0 Å². The molecule has 1 atom stereocenters. The SMILES string of the molecule is Cc1ccc(CNCC2CCN(C)C2)cc1C. The first kappa shape index (κ1) is 12.6. The molecule has 2 nitrogen and oxygen atoms in total. The molecule has 0 radical (unpaired) electrons. The Hall–Kier alpha value is -0.860. The number of likely N-dealkylation sites (tertiary alicyclic amines) is 1. The second-order valence-electron chi connectivity index (χ2n) is 5.47. The van der Waals surface area contributed by atoms with Crippen LogP contribution in [0.25, 0.3) is 0 Å². The Labute approximate surface area is 105 Å². The highest BCUT2D eigenvalue weighted by molar-refractivity contribution is 5.29. The van der Waals surface area contributed by atoms with E-state index in [0.29, 0.717) is 0 Å². The molecule has 0 spiro atoms. The summed E-state index contributed by atoms with van der Waals surface area (Å²) in [7, 11) is 2.21. The summed E-state index contributed by atoms with van der Waals surface area (Å²) < 4.78 is 0. The van der Waals surface area contributed by atoms with E-state index in [2.05, 4.69) is 49.3 Å². The van der Waals surface area contributed by atoms with Crippen LogP contribution in [0.5, 0.6) is 0 Å². The van der Waals surface area contributed by atoms with Crippen molar-refractivity contribution in [3.63, 3.8) is 0 Å². The van der Waals surface area contributed by atoms with E-state index >= 15 is 0 Å². The molecule has 0 aromatic heterocycles. The molecule has 0 amide bonds. The van der Waals surface area contributed by atoms with Crippen LogP contribution in [0.1, 0.15) is 23.1 Å². The standard InChI is InChI=1S/C15H24N2/c1-12-4-5-14(8-13(12)2)9-16-10-15-6-7-17(3)11-15/h4-5,8,15-16H,6-7,9-11H2,1-3H3. The quantitative estimate of drug-likeness (QED) is 0.857. The summed E-state index contributed by atoms with van der Waals surface area (Å²) in [6.07, 6.45) is 1.34. The third-order valence-corrected chi connectivity index (χ3v) is 3.82. The van der Waals surface area contributed by atoms with Crippen molar-refractivity contribution in [2.45, 2.75) is 26.8 Å². The fraction of sp³-hybridized carbons (Fsp3) is 0.600. The molecular formula is C15H24N2. The summed E-state index contributed by atoms with van der Waals surface area (Å²) in [6, 6.07) is 6.74. The minimum absolute atomic E-state index is 0.839. The molecule has 0 saturated carbocycles. The van der Waals surface area contributed by atoms with Gasteiger partial charge >= 0.3 is 0 Å². The largest absolute Gasteiger partial charge is 0.312 e. The smallest absolute Gasteiger partial charge is 0.0205 e. The van der Waals surface area contributed by atoms with Crippen LogP contribution in [0.4, 0.5) is 0 Å². The van der Waals surface area contributed by atoms with Gasteiger partial charge in [0, 0.05) is 13.1 Å². The third kappa shape index (κ3) is 3.55. The molecule has 2 heteroatoms. The maximum Gasteiger partial charge on any atom is 0.0205 e. The Kier molecular flexibility index (Phi) is 4.19. The first-order valence-corrected chi connectivity index (χ1v) is 6.60. The second kappa shape index (κ2) is 5.65. The lowest BCUT2D eigenvalue weighted by atomic mass is 10.1. The molecule has 1 unspecified atom stereocenters. The second-order valence-corrected chi connectivity index (χ2v) is 5.47. The lowest BCUT2D eigenvalue weighted by Gasteiger charge is -2.12. The van der Waals surface area contributed by atoms with Crippen LogP contribution >= 0.6 is 0 Å². The molecule has 1 aliphatic rings. The minimum Gasteiger partial charge on any atom is -0.312 e. The lowest BCUT2D eigenvalue weighted by molar-refractivity contribution is 0.388. The molecule has 0 bridgehead atoms. The van der Waals surface area contributed by atoms with Crippen LogP contribution in [0.15, 0.2) is 18.2 Å². The minimum atomic E-state index is 0.839. The molecule has 1 aliphatic heterocycles. The van der Waals surface area contributed by atoms with Gasteiger partial charge in [0.15, 0.2) is 0 Å². The van der Waals surface area contributed by atoms with Gasteiger partial charge in [-0.25, -0.2) is 0 Å². The van der Waals surface area contributed by atoms with Crippen LogP contribution < -0.4 is 5.32 Å². The first-order chi connectivity index (χ1) is 8.15. The van der Waals surface area contributed by atoms with Crippen LogP contribution in [-0.4, -0.2) is 31.6 Å². The lowest BCUT2D eigenvalue weighted by Crippen LogP contribution is -2.24. The van der Waals surface area contributed by atoms with Gasteiger partial charge in [-0.05, 0) is 63.0 Å². The summed E-state index contributed by atoms with van der Waals surface area (Å²) in [6.45, 7) is 9.01. The predicted octanol–water partition coefficient (Wildman–Crippen LogP) is 2.34. The van der Waals surface area contributed by atoms with Gasteiger partial charge in [-0.2, -0.15) is 0 Å². The van der Waals surface area contributed by atoms with Crippen LogP contribution in [0, 0.1) is 19.8 Å². The number of benzene rings is 1. The van der Waals surface area contributed by atoms with E-state index in [0.717, 1.165) is 19.0 Å². The van der Waals surface area contributed by atoms with Gasteiger partial charge in [0.1, 0.15) is 0 Å². The maximum atomic E-state index is 3.58. The van der Waals surface area contributed by atoms with Gasteiger partial charge in [0.2, 0.25) is 0 Å². The number of hydrogen-bond acceptors (Lipinski definition) is 2. The van der Waals surface area contributed by atoms with Gasteiger partial charge < -0.3 is 10.2 Å². The summed E-state index contributed by atoms with van der Waals surface area (Å²) >= 11 is 0. The first-order valence-electron chi connectivity index (χ1n) is 6.60. The fourth-order valence-electron chi connectivity index (χ4n) is 2.53. The Morgan fingerprint density at radius 3 is 2.76 bits per heavy atom. The van der Waals surface area contributed by atoms with E-state index in [1.165, 1.54) is 36.2 Å². The van der Waals surface area contributed by atoms with E-state index < -0.39 is 0 Å². The van der Waals surface area contributed by atoms with E-state index in [1.54, 1.807) is 0 Å². The Balaban J connectivity index is 1.76. The number of rotatable bonds is 4. The molecule has 1 aromatic carbocycles. The van der Waals surface area contributed by atoms with Crippen molar-refractivity contribution in [2.75, 3.05) is 26.7 Å². The molecular weight excluding hydrogens is 208 g/mol. The molecule has 1 heterocycles. The zero-order valence-electron chi connectivity index (χ0n) is 11.3. The topological polar surface area (TPSA) is 15.3 Å². The molecule has 0 aliphatic carbocycles. The number of hydrogen-bond donors (Lipinski definition) is 1. The predicted molar refractivity (Wildman–Crippen MR) is 73.2 cm³/mol. The molecule has 94 valence electrons. The van der Waals surface area contributed by atoms with Gasteiger partial charge in [-0.3, -0.25) is 0 Å². The maximum absolute atomic E-state index is 3.58. The molecule has 17 heavy (non-hydrogen) atoms. The van der Waals surface area contributed by atoms with Crippen molar-refractivity contribution in [1.82, 2.24) is 10.2 Å². The van der Waals surface area contributed by atoms with E-state index in [9.17, 15) is 0 Å². The van der Waals surface area contributed by atoms with Crippen molar-refractivity contribution in [3.8, 4) is 0 Å². The average Bonchev–Trinajstić information content (AvgIpc) is 2.70. The molecule has 1 fully saturated rings. The number of nitrogens with one attached hydrogen (secondary N) is 1. The third-order valence-electron chi connectivity index (χ3n) is 3.82. The van der Waals surface area contributed by atoms with Crippen molar-refractivity contribution < 1.29 is 0 Å². The highest BCUT2D eigenvalue weighted by Gasteiger charge is 2.18. The molecule has 1 aromatic rings. The molecule has 2 rings (SSSR count). The van der Waals surface area contributed by atoms with E-state index in [-0.39, 0.29) is 0 Å². The Morgan fingerprint density at radius 1 is 1.29 bits per heavy atom. The van der Waals surface area contributed by atoms with Crippen molar-refractivity contribution in [3.05, 3.63) is 34.9 Å². The van der Waals surface area contributed by atoms with Gasteiger partial charge in [0.25, 0.3) is 0 Å². The zero-order valence-corrected chi connectivity index (χ0v) is 11.3. The monoisotopic (exact) mass is 232 g/mol. The van der Waals surface area contributed by atoms with E-state index in [1.807, 2.05) is 0 Å². The van der Waals surface area contributed by atoms with Crippen LogP contribution in [0.2, 0.25) is 0 Å². The average molecular weight is 232 g/mol. The highest BCUT2D eigenvalue weighted by Crippen LogP contribution is 2.13. The molecule has 1 saturated heterocycles. The Morgan fingerprint density at radius 2 is 2.12 bits per heavy atom. The summed E-state index contributed by atoms with van der Waals surface area (Å²) in [5.74, 6) is 0.839. The summed E-state index contributed by atoms with van der Waals surface area (Å²) in [5, 5.41) is 3.58. The molecule has 1 N–H and O–H groups in total. The highest BCUT2D eigenvalue weighted by atomic mass is 15.1. The number of nitrogens with zero attached hydrogens (tertiary/aromatic N) is 1.